The van der Waals surface area contributed by atoms with Crippen molar-refractivity contribution < 1.29 is 23.4 Å². The van der Waals surface area contributed by atoms with Gasteiger partial charge in [0.15, 0.2) is 5.58 Å². The molecule has 1 amide bonds. The van der Waals surface area contributed by atoms with Gasteiger partial charge in [0.25, 0.3) is 6.01 Å². The van der Waals surface area contributed by atoms with E-state index in [9.17, 15) is 4.79 Å². The molecule has 9 nitrogen and oxygen atoms in total. The fourth-order valence-electron chi connectivity index (χ4n) is 4.92. The standard InChI is InChI=1S/C35H36N4O5/c1-35(2,3)44-34(40)39-20-18-38(19-21-39)33-36-29-22-27(14-16-30(29)43-33)28-15-17-31(41-23-25-10-6-4-7-11-25)37-32(28)42-24-26-12-8-5-9-13-26/h4-17,22H,18-21,23-24H2,1-3H3. The van der Waals surface area contributed by atoms with E-state index in [2.05, 4.69) is 4.90 Å². The maximum absolute atomic E-state index is 12.5. The molecule has 6 rings (SSSR count). The summed E-state index contributed by atoms with van der Waals surface area (Å²) in [7, 11) is 0. The molecule has 1 saturated heterocycles. The molecule has 9 heteroatoms. The van der Waals surface area contributed by atoms with Crippen molar-refractivity contribution in [2.45, 2.75) is 39.6 Å². The van der Waals surface area contributed by atoms with Crippen molar-refractivity contribution in [2.75, 3.05) is 31.1 Å². The first kappa shape index (κ1) is 29.0. The van der Waals surface area contributed by atoms with Gasteiger partial charge in [-0.1, -0.05) is 66.7 Å². The number of rotatable bonds is 8. The first-order valence-corrected chi connectivity index (χ1v) is 14.8. The van der Waals surface area contributed by atoms with Crippen LogP contribution in [0.15, 0.2) is 95.4 Å². The molecule has 0 bridgehead atoms. The molecular formula is C35H36N4O5. The maximum atomic E-state index is 12.5. The van der Waals surface area contributed by atoms with Gasteiger partial charge in [0.1, 0.15) is 24.3 Å². The SMILES string of the molecule is CC(C)(C)OC(=O)N1CCN(c2nc3cc(-c4ccc(OCc5ccccc5)nc4OCc4ccccc4)ccc3o2)CC1. The Balaban J connectivity index is 1.20. The second-order valence-electron chi connectivity index (χ2n) is 11.7. The highest BCUT2D eigenvalue weighted by molar-refractivity contribution is 5.83. The van der Waals surface area contributed by atoms with E-state index in [0.717, 1.165) is 27.8 Å². The average molecular weight is 593 g/mol. The number of hydrogen-bond donors (Lipinski definition) is 0. The number of nitrogens with zero attached hydrogens (tertiary/aromatic N) is 4. The molecule has 3 aromatic carbocycles. The monoisotopic (exact) mass is 592 g/mol. The Morgan fingerprint density at radius 1 is 0.795 bits per heavy atom. The quantitative estimate of drug-likeness (QED) is 0.188. The van der Waals surface area contributed by atoms with Crippen LogP contribution in [0.4, 0.5) is 10.8 Å². The Kier molecular flexibility index (Phi) is 8.36. The van der Waals surface area contributed by atoms with E-state index in [0.29, 0.717) is 62.8 Å². The molecule has 1 fully saturated rings. The zero-order chi connectivity index (χ0) is 30.5. The minimum atomic E-state index is -0.524. The van der Waals surface area contributed by atoms with E-state index >= 15 is 0 Å². The van der Waals surface area contributed by atoms with Crippen LogP contribution >= 0.6 is 0 Å². The van der Waals surface area contributed by atoms with Crippen molar-refractivity contribution in [1.29, 1.82) is 0 Å². The molecule has 1 aliphatic heterocycles. The van der Waals surface area contributed by atoms with E-state index in [-0.39, 0.29) is 6.09 Å². The van der Waals surface area contributed by atoms with E-state index in [1.165, 1.54) is 0 Å². The smallest absolute Gasteiger partial charge is 0.410 e. The Morgan fingerprint density at radius 2 is 1.45 bits per heavy atom. The molecule has 1 aliphatic rings. The summed E-state index contributed by atoms with van der Waals surface area (Å²) in [6, 6.07) is 30.2. The lowest BCUT2D eigenvalue weighted by atomic mass is 10.1. The first-order valence-electron chi connectivity index (χ1n) is 14.8. The van der Waals surface area contributed by atoms with Crippen LogP contribution in [-0.2, 0) is 18.0 Å². The fourth-order valence-corrected chi connectivity index (χ4v) is 4.92. The van der Waals surface area contributed by atoms with E-state index in [1.807, 2.05) is 112 Å². The van der Waals surface area contributed by atoms with Crippen molar-refractivity contribution >= 4 is 23.2 Å². The van der Waals surface area contributed by atoms with Gasteiger partial charge in [-0.25, -0.2) is 4.79 Å². The topological polar surface area (TPSA) is 90.2 Å². The number of carbonyl (C=O) groups excluding carboxylic acids is 1. The Morgan fingerprint density at radius 3 is 2.11 bits per heavy atom. The van der Waals surface area contributed by atoms with Gasteiger partial charge in [-0.3, -0.25) is 0 Å². The van der Waals surface area contributed by atoms with Gasteiger partial charge in [-0.15, -0.1) is 0 Å². The third-order valence-electron chi connectivity index (χ3n) is 7.17. The van der Waals surface area contributed by atoms with Crippen molar-refractivity contribution in [1.82, 2.24) is 14.9 Å². The number of pyridine rings is 1. The lowest BCUT2D eigenvalue weighted by Gasteiger charge is -2.34. The second kappa shape index (κ2) is 12.7. The number of aromatic nitrogens is 2. The van der Waals surface area contributed by atoms with Crippen LogP contribution in [0.3, 0.4) is 0 Å². The number of hydrogen-bond acceptors (Lipinski definition) is 8. The van der Waals surface area contributed by atoms with Gasteiger partial charge < -0.3 is 28.4 Å². The molecule has 0 unspecified atom stereocenters. The van der Waals surface area contributed by atoms with Crippen LogP contribution in [0.2, 0.25) is 0 Å². The molecule has 226 valence electrons. The van der Waals surface area contributed by atoms with Gasteiger partial charge in [0, 0.05) is 37.8 Å². The van der Waals surface area contributed by atoms with Gasteiger partial charge in [0.2, 0.25) is 11.8 Å². The van der Waals surface area contributed by atoms with Gasteiger partial charge in [-0.05, 0) is 55.7 Å². The minimum Gasteiger partial charge on any atom is -0.473 e. The number of anilines is 1. The molecule has 3 heterocycles. The van der Waals surface area contributed by atoms with Gasteiger partial charge >= 0.3 is 6.09 Å². The first-order chi connectivity index (χ1) is 21.3. The predicted octanol–water partition coefficient (Wildman–Crippen LogP) is 7.10. The van der Waals surface area contributed by atoms with Crippen LogP contribution in [0.1, 0.15) is 31.9 Å². The second-order valence-corrected chi connectivity index (χ2v) is 11.7. The number of fused-ring (bicyclic) bond motifs is 1. The third-order valence-corrected chi connectivity index (χ3v) is 7.17. The summed E-state index contributed by atoms with van der Waals surface area (Å²) in [6.07, 6.45) is -0.297. The fraction of sp³-hybridized carbons (Fsp3) is 0.286. The van der Waals surface area contributed by atoms with Crippen molar-refractivity contribution in [3.63, 3.8) is 0 Å². The summed E-state index contributed by atoms with van der Waals surface area (Å²) in [4.78, 5) is 25.8. The van der Waals surface area contributed by atoms with Crippen molar-refractivity contribution in [2.24, 2.45) is 0 Å². The van der Waals surface area contributed by atoms with E-state index in [4.69, 9.17) is 28.6 Å². The molecule has 5 aromatic rings. The van der Waals surface area contributed by atoms with E-state index < -0.39 is 5.60 Å². The van der Waals surface area contributed by atoms with Crippen LogP contribution in [0.5, 0.6) is 11.8 Å². The zero-order valence-corrected chi connectivity index (χ0v) is 25.2. The van der Waals surface area contributed by atoms with Crippen LogP contribution in [0, 0.1) is 0 Å². The molecule has 0 aliphatic carbocycles. The summed E-state index contributed by atoms with van der Waals surface area (Å²) in [5.41, 5.74) is 4.71. The molecule has 2 aromatic heterocycles. The highest BCUT2D eigenvalue weighted by atomic mass is 16.6. The maximum Gasteiger partial charge on any atom is 0.410 e. The van der Waals surface area contributed by atoms with Crippen LogP contribution in [0.25, 0.3) is 22.2 Å². The van der Waals surface area contributed by atoms with Crippen LogP contribution in [-0.4, -0.2) is 52.7 Å². The number of amides is 1. The number of piperazine rings is 1. The van der Waals surface area contributed by atoms with Crippen molar-refractivity contribution in [3.05, 3.63) is 102 Å². The average Bonchev–Trinajstić information content (AvgIpc) is 3.47. The highest BCUT2D eigenvalue weighted by Crippen LogP contribution is 2.34. The lowest BCUT2D eigenvalue weighted by Crippen LogP contribution is -2.50. The Labute approximate surface area is 257 Å². The number of oxazole rings is 1. The number of ether oxygens (including phenoxy) is 3. The summed E-state index contributed by atoms with van der Waals surface area (Å²) in [6.45, 7) is 8.66. The van der Waals surface area contributed by atoms with Crippen LogP contribution < -0.4 is 14.4 Å². The normalized spacial score (nSPS) is 13.6. The van der Waals surface area contributed by atoms with Gasteiger partial charge in [-0.2, -0.15) is 9.97 Å². The number of carbonyl (C=O) groups is 1. The minimum absolute atomic E-state index is 0.297. The molecule has 0 radical (unpaired) electrons. The molecular weight excluding hydrogens is 556 g/mol. The summed E-state index contributed by atoms with van der Waals surface area (Å²) < 4.78 is 23.9. The molecule has 0 spiro atoms. The predicted molar refractivity (Wildman–Crippen MR) is 169 cm³/mol. The summed E-state index contributed by atoms with van der Waals surface area (Å²) in [5, 5.41) is 0. The van der Waals surface area contributed by atoms with E-state index in [1.54, 1.807) is 4.90 Å². The number of benzene rings is 3. The third kappa shape index (κ3) is 7.11. The molecule has 44 heavy (non-hydrogen) atoms. The van der Waals surface area contributed by atoms with Gasteiger partial charge in [0.05, 0.1) is 0 Å². The van der Waals surface area contributed by atoms with Crippen molar-refractivity contribution in [3.8, 4) is 22.9 Å². The highest BCUT2D eigenvalue weighted by Gasteiger charge is 2.27. The molecule has 0 atom stereocenters. The lowest BCUT2D eigenvalue weighted by molar-refractivity contribution is 0.0239. The molecule has 0 saturated carbocycles. The Bertz CT molecular complexity index is 1710. The summed E-state index contributed by atoms with van der Waals surface area (Å²) >= 11 is 0. The zero-order valence-electron chi connectivity index (χ0n) is 25.2. The largest absolute Gasteiger partial charge is 0.473 e. The molecule has 0 N–H and O–H groups in total. The summed E-state index contributed by atoms with van der Waals surface area (Å²) in [5.74, 6) is 0.955. The Hall–Kier alpha value is -5.05.